The van der Waals surface area contributed by atoms with Crippen LogP contribution >= 0.6 is 0 Å². The predicted octanol–water partition coefficient (Wildman–Crippen LogP) is 1.22. The second-order valence-electron chi connectivity index (χ2n) is 5.51. The third kappa shape index (κ3) is 0.954. The summed E-state index contributed by atoms with van der Waals surface area (Å²) in [6, 6.07) is 8.23. The molecular weight excluding hydrogens is 214 g/mol. The van der Waals surface area contributed by atoms with Crippen LogP contribution in [0.15, 0.2) is 24.3 Å². The summed E-state index contributed by atoms with van der Waals surface area (Å²) in [5, 5.41) is 1.40. The molecule has 0 bridgehead atoms. The van der Waals surface area contributed by atoms with E-state index in [-0.39, 0.29) is 11.3 Å². The number of nitrogens with zero attached hydrogens (tertiary/aromatic N) is 2. The van der Waals surface area contributed by atoms with Crippen LogP contribution in [-0.4, -0.2) is 23.1 Å². The maximum absolute atomic E-state index is 11.8. The maximum atomic E-state index is 11.8. The van der Waals surface area contributed by atoms with Crippen molar-refractivity contribution < 1.29 is 4.79 Å². The Hall–Kier alpha value is -1.55. The van der Waals surface area contributed by atoms with Gasteiger partial charge in [-0.2, -0.15) is 0 Å². The molecule has 17 heavy (non-hydrogen) atoms. The molecule has 2 aliphatic heterocycles. The summed E-state index contributed by atoms with van der Waals surface area (Å²) in [5.74, 6) is 5.98. The predicted molar refractivity (Wildman–Crippen MR) is 66.3 cm³/mol. The SMILES string of the molecule is CC1(C)c2ccccc2N2CC(=O)N(N)[C@]21C. The summed E-state index contributed by atoms with van der Waals surface area (Å²) >= 11 is 0. The van der Waals surface area contributed by atoms with E-state index < -0.39 is 5.66 Å². The zero-order chi connectivity index (χ0) is 12.4. The van der Waals surface area contributed by atoms with Crippen molar-refractivity contribution in [1.29, 1.82) is 0 Å². The van der Waals surface area contributed by atoms with E-state index in [1.54, 1.807) is 0 Å². The van der Waals surface area contributed by atoms with E-state index in [1.807, 2.05) is 19.1 Å². The van der Waals surface area contributed by atoms with Crippen molar-refractivity contribution >= 4 is 11.6 Å². The van der Waals surface area contributed by atoms with Gasteiger partial charge in [-0.05, 0) is 18.6 Å². The lowest BCUT2D eigenvalue weighted by Gasteiger charge is -2.43. The first-order valence-electron chi connectivity index (χ1n) is 5.85. The van der Waals surface area contributed by atoms with Crippen LogP contribution in [0.4, 0.5) is 5.69 Å². The zero-order valence-corrected chi connectivity index (χ0v) is 10.4. The Morgan fingerprint density at radius 3 is 2.59 bits per heavy atom. The van der Waals surface area contributed by atoms with Gasteiger partial charge in [0.2, 0.25) is 0 Å². The molecule has 0 saturated carbocycles. The average Bonchev–Trinajstić information content (AvgIpc) is 2.63. The van der Waals surface area contributed by atoms with Crippen LogP contribution in [0, 0.1) is 0 Å². The maximum Gasteiger partial charge on any atom is 0.258 e. The highest BCUT2D eigenvalue weighted by molar-refractivity contribution is 5.89. The van der Waals surface area contributed by atoms with E-state index in [4.69, 9.17) is 5.84 Å². The number of carbonyl (C=O) groups excluding carboxylic acids is 1. The van der Waals surface area contributed by atoms with Gasteiger partial charge in [0.1, 0.15) is 12.2 Å². The highest BCUT2D eigenvalue weighted by Crippen LogP contribution is 2.54. The molecular formula is C13H17N3O. The van der Waals surface area contributed by atoms with Gasteiger partial charge < -0.3 is 4.90 Å². The minimum Gasteiger partial charge on any atom is -0.337 e. The number of nitrogens with two attached hydrogens (primary N) is 1. The van der Waals surface area contributed by atoms with E-state index in [9.17, 15) is 4.79 Å². The highest BCUT2D eigenvalue weighted by atomic mass is 16.2. The fourth-order valence-corrected chi connectivity index (χ4v) is 3.19. The molecule has 2 heterocycles. The lowest BCUT2D eigenvalue weighted by molar-refractivity contribution is -0.131. The van der Waals surface area contributed by atoms with Gasteiger partial charge in [0.25, 0.3) is 5.91 Å². The second-order valence-corrected chi connectivity index (χ2v) is 5.51. The van der Waals surface area contributed by atoms with Gasteiger partial charge in [0.15, 0.2) is 0 Å². The first kappa shape index (κ1) is 10.6. The fourth-order valence-electron chi connectivity index (χ4n) is 3.19. The fraction of sp³-hybridized carbons (Fsp3) is 0.462. The molecule has 1 atom stereocenters. The summed E-state index contributed by atoms with van der Waals surface area (Å²) in [5.41, 5.74) is 1.74. The van der Waals surface area contributed by atoms with Crippen LogP contribution in [-0.2, 0) is 10.2 Å². The van der Waals surface area contributed by atoms with Crippen LogP contribution in [0.3, 0.4) is 0 Å². The Balaban J connectivity index is 2.28. The van der Waals surface area contributed by atoms with E-state index in [2.05, 4.69) is 30.9 Å². The molecule has 2 aliphatic rings. The minimum atomic E-state index is -0.465. The number of hydrogen-bond donors (Lipinski definition) is 1. The number of benzene rings is 1. The first-order valence-corrected chi connectivity index (χ1v) is 5.85. The van der Waals surface area contributed by atoms with Crippen molar-refractivity contribution in [2.45, 2.75) is 31.8 Å². The molecule has 0 unspecified atom stereocenters. The molecule has 4 nitrogen and oxygen atoms in total. The van der Waals surface area contributed by atoms with E-state index in [0.29, 0.717) is 6.54 Å². The van der Waals surface area contributed by atoms with Crippen LogP contribution in [0.5, 0.6) is 0 Å². The third-order valence-corrected chi connectivity index (χ3v) is 4.61. The Kier molecular flexibility index (Phi) is 1.76. The zero-order valence-electron chi connectivity index (χ0n) is 10.4. The van der Waals surface area contributed by atoms with Crippen molar-refractivity contribution in [2.24, 2.45) is 5.84 Å². The number of hydrazine groups is 1. The molecule has 2 N–H and O–H groups in total. The number of amides is 1. The van der Waals surface area contributed by atoms with Gasteiger partial charge in [-0.15, -0.1) is 0 Å². The molecule has 0 spiro atoms. The smallest absolute Gasteiger partial charge is 0.258 e. The normalized spacial score (nSPS) is 29.5. The molecule has 1 aromatic rings. The van der Waals surface area contributed by atoms with Crippen molar-refractivity contribution in [3.63, 3.8) is 0 Å². The van der Waals surface area contributed by atoms with Gasteiger partial charge in [0, 0.05) is 11.1 Å². The van der Waals surface area contributed by atoms with Gasteiger partial charge in [-0.3, -0.25) is 9.80 Å². The van der Waals surface area contributed by atoms with Crippen LogP contribution < -0.4 is 10.7 Å². The molecule has 0 aromatic heterocycles. The summed E-state index contributed by atoms with van der Waals surface area (Å²) < 4.78 is 0. The molecule has 0 radical (unpaired) electrons. The lowest BCUT2D eigenvalue weighted by atomic mass is 9.76. The third-order valence-electron chi connectivity index (χ3n) is 4.61. The Labute approximate surface area is 101 Å². The van der Waals surface area contributed by atoms with E-state index in [1.165, 1.54) is 10.6 Å². The number of anilines is 1. The summed E-state index contributed by atoms with van der Waals surface area (Å²) in [6.07, 6.45) is 0. The molecule has 1 saturated heterocycles. The number of fused-ring (bicyclic) bond motifs is 3. The Morgan fingerprint density at radius 2 is 1.88 bits per heavy atom. The van der Waals surface area contributed by atoms with Gasteiger partial charge >= 0.3 is 0 Å². The van der Waals surface area contributed by atoms with Gasteiger partial charge in [-0.1, -0.05) is 32.0 Å². The van der Waals surface area contributed by atoms with Crippen LogP contribution in [0.25, 0.3) is 0 Å². The molecule has 1 aromatic carbocycles. The number of rotatable bonds is 0. The second kappa shape index (κ2) is 2.82. The molecule has 1 fully saturated rings. The summed E-state index contributed by atoms with van der Waals surface area (Å²) in [6.45, 7) is 6.69. The Bertz CT molecular complexity index is 511. The standard InChI is InChI=1S/C13H17N3O/c1-12(2)9-6-4-5-7-10(9)15-8-11(17)16(14)13(12,15)3/h4-7H,8,14H2,1-3H3/t13-/m0/s1. The van der Waals surface area contributed by atoms with Crippen molar-refractivity contribution in [1.82, 2.24) is 5.01 Å². The summed E-state index contributed by atoms with van der Waals surface area (Å²) in [4.78, 5) is 14.0. The van der Waals surface area contributed by atoms with Crippen molar-refractivity contribution in [3.05, 3.63) is 29.8 Å². The molecule has 90 valence electrons. The largest absolute Gasteiger partial charge is 0.337 e. The highest BCUT2D eigenvalue weighted by Gasteiger charge is 2.61. The first-order chi connectivity index (χ1) is 7.90. The van der Waals surface area contributed by atoms with Crippen LogP contribution in [0.1, 0.15) is 26.3 Å². The van der Waals surface area contributed by atoms with Crippen LogP contribution in [0.2, 0.25) is 0 Å². The van der Waals surface area contributed by atoms with E-state index in [0.717, 1.165) is 5.69 Å². The molecule has 4 heteroatoms. The molecule has 1 amide bonds. The number of carbonyl (C=O) groups is 1. The lowest BCUT2D eigenvalue weighted by Crippen LogP contribution is -2.61. The molecule has 0 aliphatic carbocycles. The minimum absolute atomic E-state index is 0.0184. The van der Waals surface area contributed by atoms with Gasteiger partial charge in [-0.25, -0.2) is 5.84 Å². The summed E-state index contributed by atoms with van der Waals surface area (Å²) in [7, 11) is 0. The van der Waals surface area contributed by atoms with Crippen molar-refractivity contribution in [3.8, 4) is 0 Å². The number of hydrogen-bond acceptors (Lipinski definition) is 3. The number of para-hydroxylation sites is 1. The van der Waals surface area contributed by atoms with Gasteiger partial charge in [0.05, 0.1) is 0 Å². The van der Waals surface area contributed by atoms with E-state index >= 15 is 0 Å². The monoisotopic (exact) mass is 231 g/mol. The Morgan fingerprint density at radius 1 is 1.24 bits per heavy atom. The van der Waals surface area contributed by atoms with Crippen molar-refractivity contribution in [2.75, 3.05) is 11.4 Å². The topological polar surface area (TPSA) is 49.6 Å². The molecule has 3 rings (SSSR count). The quantitative estimate of drug-likeness (QED) is 0.539. The average molecular weight is 231 g/mol.